The Morgan fingerprint density at radius 2 is 2.00 bits per heavy atom. The van der Waals surface area contributed by atoms with Gasteiger partial charge >= 0.3 is 0 Å². The zero-order valence-electron chi connectivity index (χ0n) is 8.91. The standard InChI is InChI=1S/C13H10ClFNO/c14-12-7-11(16)4-5-13(12)17-8-9-2-1-3-10(15)6-9/h1-7,16H,8H2. The van der Waals surface area contributed by atoms with Crippen LogP contribution in [0.25, 0.3) is 0 Å². The van der Waals surface area contributed by atoms with E-state index in [4.69, 9.17) is 22.1 Å². The van der Waals surface area contributed by atoms with Crippen molar-refractivity contribution in [1.29, 1.82) is 0 Å². The number of halogens is 2. The summed E-state index contributed by atoms with van der Waals surface area (Å²) in [4.78, 5) is 0. The third kappa shape index (κ3) is 3.11. The molecule has 4 heteroatoms. The average molecular weight is 251 g/mol. The number of hydrogen-bond donors (Lipinski definition) is 0. The van der Waals surface area contributed by atoms with Crippen LogP contribution in [0, 0.1) is 5.82 Å². The normalized spacial score (nSPS) is 10.2. The molecule has 0 fully saturated rings. The van der Waals surface area contributed by atoms with E-state index in [1.807, 2.05) is 0 Å². The highest BCUT2D eigenvalue weighted by Gasteiger charge is 2.03. The maximum absolute atomic E-state index is 12.9. The van der Waals surface area contributed by atoms with Crippen LogP contribution >= 0.6 is 11.6 Å². The van der Waals surface area contributed by atoms with Crippen molar-refractivity contribution in [1.82, 2.24) is 5.73 Å². The Labute approximate surface area is 104 Å². The summed E-state index contributed by atoms with van der Waals surface area (Å²) >= 11 is 5.91. The van der Waals surface area contributed by atoms with Crippen LogP contribution in [-0.2, 0) is 6.61 Å². The van der Waals surface area contributed by atoms with Gasteiger partial charge in [-0.15, -0.1) is 0 Å². The molecule has 0 heterocycles. The van der Waals surface area contributed by atoms with Crippen LogP contribution in [0.15, 0.2) is 42.5 Å². The Hall–Kier alpha value is -1.74. The highest BCUT2D eigenvalue weighted by atomic mass is 35.5. The molecule has 0 aliphatic heterocycles. The van der Waals surface area contributed by atoms with Crippen molar-refractivity contribution >= 4 is 17.3 Å². The molecule has 2 rings (SSSR count). The Balaban J connectivity index is 2.07. The molecule has 0 saturated carbocycles. The van der Waals surface area contributed by atoms with Crippen molar-refractivity contribution in [3.63, 3.8) is 0 Å². The summed E-state index contributed by atoms with van der Waals surface area (Å²) in [6, 6.07) is 10.9. The lowest BCUT2D eigenvalue weighted by atomic mass is 10.2. The summed E-state index contributed by atoms with van der Waals surface area (Å²) < 4.78 is 18.4. The molecule has 1 radical (unpaired) electrons. The zero-order valence-corrected chi connectivity index (χ0v) is 9.67. The fourth-order valence-electron chi connectivity index (χ4n) is 1.41. The second-order valence-corrected chi connectivity index (χ2v) is 3.97. The molecular formula is C13H10ClFNO. The van der Waals surface area contributed by atoms with Gasteiger partial charge in [0.25, 0.3) is 0 Å². The SMILES string of the molecule is [NH]c1ccc(OCc2cccc(F)c2)c(Cl)c1. The van der Waals surface area contributed by atoms with Crippen LogP contribution in [0.3, 0.4) is 0 Å². The van der Waals surface area contributed by atoms with E-state index >= 15 is 0 Å². The van der Waals surface area contributed by atoms with E-state index < -0.39 is 0 Å². The number of ether oxygens (including phenoxy) is 1. The Morgan fingerprint density at radius 1 is 1.18 bits per heavy atom. The molecule has 1 N–H and O–H groups in total. The summed E-state index contributed by atoms with van der Waals surface area (Å²) in [6.07, 6.45) is 0. The fraction of sp³-hybridized carbons (Fsp3) is 0.0769. The van der Waals surface area contributed by atoms with Gasteiger partial charge in [0.15, 0.2) is 0 Å². The second-order valence-electron chi connectivity index (χ2n) is 3.56. The Bertz CT molecular complexity index is 531. The van der Waals surface area contributed by atoms with Crippen LogP contribution in [0.4, 0.5) is 10.1 Å². The summed E-state index contributed by atoms with van der Waals surface area (Å²) in [7, 11) is 0. The first-order valence-electron chi connectivity index (χ1n) is 5.03. The van der Waals surface area contributed by atoms with Crippen molar-refractivity contribution in [2.45, 2.75) is 6.61 Å². The number of nitrogens with one attached hydrogen (secondary N) is 1. The molecule has 0 bridgehead atoms. The minimum Gasteiger partial charge on any atom is -0.487 e. The van der Waals surface area contributed by atoms with Crippen molar-refractivity contribution in [2.24, 2.45) is 0 Å². The van der Waals surface area contributed by atoms with Gasteiger partial charge in [0.2, 0.25) is 0 Å². The van der Waals surface area contributed by atoms with E-state index in [0.29, 0.717) is 16.5 Å². The van der Waals surface area contributed by atoms with Crippen LogP contribution in [-0.4, -0.2) is 0 Å². The van der Waals surface area contributed by atoms with Crippen molar-refractivity contribution in [2.75, 3.05) is 0 Å². The van der Waals surface area contributed by atoms with E-state index in [0.717, 1.165) is 5.56 Å². The van der Waals surface area contributed by atoms with Gasteiger partial charge in [-0.25, -0.2) is 4.39 Å². The first kappa shape index (κ1) is 11.7. The quantitative estimate of drug-likeness (QED) is 0.811. The minimum absolute atomic E-state index is 0.245. The van der Waals surface area contributed by atoms with Gasteiger partial charge in [0.05, 0.1) is 10.7 Å². The lowest BCUT2D eigenvalue weighted by molar-refractivity contribution is 0.306. The summed E-state index contributed by atoms with van der Waals surface area (Å²) in [6.45, 7) is 0.245. The first-order chi connectivity index (χ1) is 8.15. The predicted octanol–water partition coefficient (Wildman–Crippen LogP) is 3.97. The number of rotatable bonds is 3. The van der Waals surface area contributed by atoms with Crippen LogP contribution in [0.1, 0.15) is 5.56 Å². The summed E-state index contributed by atoms with van der Waals surface area (Å²) in [5, 5.41) is 0.383. The molecule has 0 atom stereocenters. The van der Waals surface area contributed by atoms with Gasteiger partial charge in [0, 0.05) is 0 Å². The van der Waals surface area contributed by atoms with E-state index in [-0.39, 0.29) is 12.4 Å². The van der Waals surface area contributed by atoms with E-state index in [1.165, 1.54) is 18.2 Å². The number of hydrogen-bond acceptors (Lipinski definition) is 1. The monoisotopic (exact) mass is 250 g/mol. The van der Waals surface area contributed by atoms with Crippen LogP contribution < -0.4 is 10.5 Å². The zero-order chi connectivity index (χ0) is 12.3. The summed E-state index contributed by atoms with van der Waals surface area (Å²) in [5.41, 5.74) is 8.43. The highest BCUT2D eigenvalue weighted by molar-refractivity contribution is 6.32. The van der Waals surface area contributed by atoms with Crippen molar-refractivity contribution in [3.8, 4) is 5.75 Å². The molecule has 0 amide bonds. The van der Waals surface area contributed by atoms with Crippen LogP contribution in [0.2, 0.25) is 5.02 Å². The van der Waals surface area contributed by atoms with Crippen molar-refractivity contribution in [3.05, 3.63) is 58.9 Å². The summed E-state index contributed by atoms with van der Waals surface area (Å²) in [5.74, 6) is 0.200. The molecule has 2 aromatic rings. The molecule has 0 aliphatic rings. The molecule has 0 unspecified atom stereocenters. The molecule has 87 valence electrons. The second kappa shape index (κ2) is 5.06. The first-order valence-corrected chi connectivity index (χ1v) is 5.41. The van der Waals surface area contributed by atoms with Gasteiger partial charge < -0.3 is 10.5 Å². The largest absolute Gasteiger partial charge is 0.487 e. The average Bonchev–Trinajstić information content (AvgIpc) is 2.28. The molecule has 0 aromatic heterocycles. The number of benzene rings is 2. The van der Waals surface area contributed by atoms with Gasteiger partial charge in [-0.2, -0.15) is 0 Å². The molecule has 2 aromatic carbocycles. The molecule has 0 aliphatic carbocycles. The Kier molecular flexibility index (Phi) is 3.49. The van der Waals surface area contributed by atoms with Crippen LogP contribution in [0.5, 0.6) is 5.75 Å². The van der Waals surface area contributed by atoms with E-state index in [2.05, 4.69) is 0 Å². The molecule has 2 nitrogen and oxygen atoms in total. The topological polar surface area (TPSA) is 33.0 Å². The van der Waals surface area contributed by atoms with Gasteiger partial charge in [-0.05, 0) is 35.9 Å². The van der Waals surface area contributed by atoms with Crippen molar-refractivity contribution < 1.29 is 9.13 Å². The molecule has 0 spiro atoms. The predicted molar refractivity (Wildman–Crippen MR) is 64.9 cm³/mol. The van der Waals surface area contributed by atoms with E-state index in [9.17, 15) is 4.39 Å². The molecule has 17 heavy (non-hydrogen) atoms. The van der Waals surface area contributed by atoms with Gasteiger partial charge in [0.1, 0.15) is 18.2 Å². The lowest BCUT2D eigenvalue weighted by Gasteiger charge is -2.08. The van der Waals surface area contributed by atoms with E-state index in [1.54, 1.807) is 24.3 Å². The third-order valence-corrected chi connectivity index (χ3v) is 2.51. The maximum Gasteiger partial charge on any atom is 0.138 e. The van der Waals surface area contributed by atoms with Gasteiger partial charge in [-0.3, -0.25) is 0 Å². The molecular weight excluding hydrogens is 241 g/mol. The van der Waals surface area contributed by atoms with Gasteiger partial charge in [-0.1, -0.05) is 23.7 Å². The smallest absolute Gasteiger partial charge is 0.138 e. The maximum atomic E-state index is 12.9. The highest BCUT2D eigenvalue weighted by Crippen LogP contribution is 2.27. The lowest BCUT2D eigenvalue weighted by Crippen LogP contribution is -1.96. The molecule has 0 saturated heterocycles. The Morgan fingerprint density at radius 3 is 2.71 bits per heavy atom. The third-order valence-electron chi connectivity index (χ3n) is 2.22. The minimum atomic E-state index is -0.293. The fourth-order valence-corrected chi connectivity index (χ4v) is 1.64.